The Hall–Kier alpha value is -2.82. The molecule has 8 heteroatoms. The second kappa shape index (κ2) is 8.97. The predicted molar refractivity (Wildman–Crippen MR) is 127 cm³/mol. The van der Waals surface area contributed by atoms with Crippen molar-refractivity contribution < 1.29 is 9.53 Å². The molecule has 1 aromatic carbocycles. The van der Waals surface area contributed by atoms with Crippen molar-refractivity contribution in [2.45, 2.75) is 32.6 Å². The lowest BCUT2D eigenvalue weighted by Gasteiger charge is -2.37. The first-order valence-electron chi connectivity index (χ1n) is 11.0. The highest BCUT2D eigenvalue weighted by molar-refractivity contribution is 5.86. The number of anilines is 1. The van der Waals surface area contributed by atoms with E-state index in [0.29, 0.717) is 24.6 Å². The van der Waals surface area contributed by atoms with Gasteiger partial charge in [0.25, 0.3) is 0 Å². The topological polar surface area (TPSA) is 73.9 Å². The summed E-state index contributed by atoms with van der Waals surface area (Å²) in [6.07, 6.45) is 1.84. The van der Waals surface area contributed by atoms with Crippen molar-refractivity contribution in [2.24, 2.45) is 0 Å². The number of imidazole rings is 1. The molecule has 0 radical (unpaired) electrons. The van der Waals surface area contributed by atoms with E-state index < -0.39 is 0 Å². The van der Waals surface area contributed by atoms with Gasteiger partial charge in [0.15, 0.2) is 5.65 Å². The maximum Gasteiger partial charge on any atom is 0.219 e. The van der Waals surface area contributed by atoms with Crippen LogP contribution < -0.4 is 4.90 Å². The second-order valence-corrected chi connectivity index (χ2v) is 8.49. The molecule has 2 saturated heterocycles. The van der Waals surface area contributed by atoms with Gasteiger partial charge in [0, 0.05) is 46.3 Å². The summed E-state index contributed by atoms with van der Waals surface area (Å²) in [5, 5.41) is 10.2. The minimum absolute atomic E-state index is 0. The van der Waals surface area contributed by atoms with Crippen LogP contribution in [0.25, 0.3) is 16.7 Å². The zero-order chi connectivity index (χ0) is 21.5. The van der Waals surface area contributed by atoms with Crippen LogP contribution in [0.4, 0.5) is 5.82 Å². The number of carbonyl (C=O) groups excluding carboxylic acids is 1. The average molecular weight is 454 g/mol. The largest absolute Gasteiger partial charge is 0.381 e. The van der Waals surface area contributed by atoms with E-state index in [1.54, 1.807) is 6.92 Å². The Labute approximate surface area is 194 Å². The van der Waals surface area contributed by atoms with Gasteiger partial charge in [-0.05, 0) is 48.9 Å². The molecule has 0 N–H and O–H groups in total. The number of nitrogens with zero attached hydrogens (tertiary/aromatic N) is 5. The normalized spacial score (nSPS) is 17.4. The Bertz CT molecular complexity index is 1200. The lowest BCUT2D eigenvalue weighted by Crippen LogP contribution is -2.48. The van der Waals surface area contributed by atoms with E-state index in [-0.39, 0.29) is 18.3 Å². The first kappa shape index (κ1) is 22.4. The molecule has 2 aliphatic rings. The van der Waals surface area contributed by atoms with Gasteiger partial charge in [-0.3, -0.25) is 9.20 Å². The monoisotopic (exact) mass is 453 g/mol. The van der Waals surface area contributed by atoms with Gasteiger partial charge < -0.3 is 14.5 Å². The van der Waals surface area contributed by atoms with E-state index in [4.69, 9.17) is 9.72 Å². The SMILES string of the molecule is CC(=O)N1CCN(c2c(C)c(C3CCOCC3)c(C#N)c3nc4ccccc4n23)CC1.Cl. The molecule has 0 aliphatic carbocycles. The number of ether oxygens (including phenoxy) is 1. The van der Waals surface area contributed by atoms with E-state index in [1.807, 2.05) is 23.1 Å². The van der Waals surface area contributed by atoms with Gasteiger partial charge in [0.05, 0.1) is 16.6 Å². The quantitative estimate of drug-likeness (QED) is 0.592. The zero-order valence-electron chi connectivity index (χ0n) is 18.5. The number of carbonyl (C=O) groups is 1. The second-order valence-electron chi connectivity index (χ2n) is 8.49. The number of hydrogen-bond donors (Lipinski definition) is 0. The fraction of sp³-hybridized carbons (Fsp3) is 0.458. The van der Waals surface area contributed by atoms with Gasteiger partial charge in [-0.1, -0.05) is 12.1 Å². The summed E-state index contributed by atoms with van der Waals surface area (Å²) in [7, 11) is 0. The van der Waals surface area contributed by atoms with Crippen LogP contribution in [0.15, 0.2) is 24.3 Å². The van der Waals surface area contributed by atoms with E-state index in [9.17, 15) is 10.1 Å². The zero-order valence-corrected chi connectivity index (χ0v) is 19.3. The standard InChI is InChI=1S/C24H27N5O2.ClH/c1-16-22(18-7-13-31-14-8-18)19(15-25)23-26-20-5-3-4-6-21(20)29(23)24(16)28-11-9-27(10-12-28)17(2)30;/h3-6,18H,7-14H2,1-2H3;1H. The lowest BCUT2D eigenvalue weighted by molar-refractivity contribution is -0.129. The molecule has 0 atom stereocenters. The summed E-state index contributed by atoms with van der Waals surface area (Å²) in [5.74, 6) is 1.52. The molecule has 0 saturated carbocycles. The summed E-state index contributed by atoms with van der Waals surface area (Å²) >= 11 is 0. The van der Waals surface area contributed by atoms with Gasteiger partial charge in [0.1, 0.15) is 11.9 Å². The molecule has 7 nitrogen and oxygen atoms in total. The molecule has 0 unspecified atom stereocenters. The molecule has 2 aliphatic heterocycles. The van der Waals surface area contributed by atoms with E-state index in [1.165, 1.54) is 0 Å². The number of aromatic nitrogens is 2. The molecule has 2 aromatic heterocycles. The van der Waals surface area contributed by atoms with Crippen LogP contribution in [0.2, 0.25) is 0 Å². The molecule has 32 heavy (non-hydrogen) atoms. The van der Waals surface area contributed by atoms with Crippen molar-refractivity contribution in [3.8, 4) is 6.07 Å². The van der Waals surface area contributed by atoms with Gasteiger partial charge >= 0.3 is 0 Å². The Morgan fingerprint density at radius 1 is 1.16 bits per heavy atom. The van der Waals surface area contributed by atoms with Crippen molar-refractivity contribution in [3.05, 3.63) is 41.0 Å². The fourth-order valence-corrected chi connectivity index (χ4v) is 5.22. The van der Waals surface area contributed by atoms with E-state index >= 15 is 0 Å². The third kappa shape index (κ3) is 3.58. The van der Waals surface area contributed by atoms with Crippen LogP contribution in [-0.4, -0.2) is 59.6 Å². The molecule has 0 spiro atoms. The Morgan fingerprint density at radius 2 is 1.84 bits per heavy atom. The Kier molecular flexibility index (Phi) is 6.27. The molecular weight excluding hydrogens is 426 g/mol. The number of hydrogen-bond acceptors (Lipinski definition) is 5. The Morgan fingerprint density at radius 3 is 2.50 bits per heavy atom. The minimum atomic E-state index is 0. The summed E-state index contributed by atoms with van der Waals surface area (Å²) in [6.45, 7) is 8.17. The number of para-hydroxylation sites is 2. The predicted octanol–water partition coefficient (Wildman–Crippen LogP) is 3.65. The molecular formula is C24H28ClN5O2. The van der Waals surface area contributed by atoms with Crippen molar-refractivity contribution in [3.63, 3.8) is 0 Å². The highest BCUT2D eigenvalue weighted by Crippen LogP contribution is 2.40. The maximum absolute atomic E-state index is 11.8. The van der Waals surface area contributed by atoms with Crippen LogP contribution >= 0.6 is 12.4 Å². The van der Waals surface area contributed by atoms with Gasteiger partial charge in [-0.2, -0.15) is 5.26 Å². The molecule has 1 amide bonds. The van der Waals surface area contributed by atoms with Gasteiger partial charge in [-0.25, -0.2) is 4.98 Å². The van der Waals surface area contributed by atoms with Gasteiger partial charge in [0.2, 0.25) is 5.91 Å². The third-order valence-electron chi connectivity index (χ3n) is 6.77. The molecule has 0 bridgehead atoms. The van der Waals surface area contributed by atoms with Crippen LogP contribution in [0.5, 0.6) is 0 Å². The van der Waals surface area contributed by atoms with Crippen molar-refractivity contribution in [1.29, 1.82) is 5.26 Å². The number of benzene rings is 1. The first-order valence-corrected chi connectivity index (χ1v) is 11.0. The summed E-state index contributed by atoms with van der Waals surface area (Å²) in [5.41, 5.74) is 5.60. The molecule has 168 valence electrons. The molecule has 3 aromatic rings. The van der Waals surface area contributed by atoms with Crippen LogP contribution in [0.1, 0.15) is 42.4 Å². The fourth-order valence-electron chi connectivity index (χ4n) is 5.22. The summed E-state index contributed by atoms with van der Waals surface area (Å²) < 4.78 is 7.76. The highest BCUT2D eigenvalue weighted by atomic mass is 35.5. The van der Waals surface area contributed by atoms with Crippen molar-refractivity contribution in [2.75, 3.05) is 44.3 Å². The maximum atomic E-state index is 11.8. The number of amides is 1. The molecule has 5 rings (SSSR count). The number of fused-ring (bicyclic) bond motifs is 3. The lowest BCUT2D eigenvalue weighted by atomic mass is 9.86. The van der Waals surface area contributed by atoms with Crippen LogP contribution in [0, 0.1) is 18.3 Å². The van der Waals surface area contributed by atoms with Crippen LogP contribution in [0.3, 0.4) is 0 Å². The number of pyridine rings is 1. The summed E-state index contributed by atoms with van der Waals surface area (Å²) in [4.78, 5) is 21.0. The number of rotatable bonds is 2. The van der Waals surface area contributed by atoms with Crippen molar-refractivity contribution >= 4 is 40.8 Å². The van der Waals surface area contributed by atoms with Gasteiger partial charge in [-0.15, -0.1) is 12.4 Å². The smallest absolute Gasteiger partial charge is 0.219 e. The number of piperazine rings is 1. The number of nitriles is 1. The Balaban J connectivity index is 0.00000245. The third-order valence-corrected chi connectivity index (χ3v) is 6.77. The molecule has 4 heterocycles. The summed E-state index contributed by atoms with van der Waals surface area (Å²) in [6, 6.07) is 10.6. The minimum Gasteiger partial charge on any atom is -0.381 e. The van der Waals surface area contributed by atoms with Crippen LogP contribution in [-0.2, 0) is 9.53 Å². The van der Waals surface area contributed by atoms with E-state index in [2.05, 4.69) is 28.4 Å². The van der Waals surface area contributed by atoms with Crippen molar-refractivity contribution in [1.82, 2.24) is 14.3 Å². The highest BCUT2D eigenvalue weighted by Gasteiger charge is 2.30. The average Bonchev–Trinajstić information content (AvgIpc) is 3.18. The molecule has 2 fully saturated rings. The number of halogens is 1. The van der Waals surface area contributed by atoms with E-state index in [0.717, 1.165) is 72.8 Å². The first-order chi connectivity index (χ1) is 15.1.